The molecule has 0 radical (unpaired) electrons. The molecule has 1 heterocycles. The molecule has 4 heteroatoms. The summed E-state index contributed by atoms with van der Waals surface area (Å²) in [5.74, 6) is -0.610. The molecular formula is C16H18O4. The zero-order chi connectivity index (χ0) is 14.4. The number of carbonyl (C=O) groups is 1. The standard InChI is InChI=1S/C16H18O4/c1-2-3-4-7-10-19-15(17)13-11-12-8-5-6-9-14(12)20-16(13)18/h5-6,8-9,11H,2-4,7,10H2,1H3. The predicted molar refractivity (Wildman–Crippen MR) is 76.9 cm³/mol. The van der Waals surface area contributed by atoms with Crippen molar-refractivity contribution in [3.63, 3.8) is 0 Å². The number of rotatable bonds is 6. The fourth-order valence-electron chi connectivity index (χ4n) is 1.98. The number of para-hydroxylation sites is 1. The summed E-state index contributed by atoms with van der Waals surface area (Å²) in [7, 11) is 0. The first kappa shape index (κ1) is 14.3. The molecule has 1 aromatic heterocycles. The first-order valence-electron chi connectivity index (χ1n) is 6.92. The van der Waals surface area contributed by atoms with Crippen molar-refractivity contribution in [2.45, 2.75) is 32.6 Å². The molecule has 0 fully saturated rings. The van der Waals surface area contributed by atoms with Crippen molar-refractivity contribution in [1.82, 2.24) is 0 Å². The van der Waals surface area contributed by atoms with Crippen LogP contribution in [0, 0.1) is 0 Å². The second-order valence-corrected chi connectivity index (χ2v) is 4.68. The number of unbranched alkanes of at least 4 members (excludes halogenated alkanes) is 3. The van der Waals surface area contributed by atoms with Crippen LogP contribution in [-0.4, -0.2) is 12.6 Å². The van der Waals surface area contributed by atoms with E-state index >= 15 is 0 Å². The number of ether oxygens (including phenoxy) is 1. The monoisotopic (exact) mass is 274 g/mol. The van der Waals surface area contributed by atoms with Crippen molar-refractivity contribution >= 4 is 16.9 Å². The van der Waals surface area contributed by atoms with E-state index in [2.05, 4.69) is 6.92 Å². The van der Waals surface area contributed by atoms with Gasteiger partial charge in [-0.1, -0.05) is 44.4 Å². The van der Waals surface area contributed by atoms with Gasteiger partial charge >= 0.3 is 11.6 Å². The van der Waals surface area contributed by atoms with E-state index < -0.39 is 11.6 Å². The maximum absolute atomic E-state index is 11.9. The fourth-order valence-corrected chi connectivity index (χ4v) is 1.98. The van der Waals surface area contributed by atoms with Crippen LogP contribution in [0.4, 0.5) is 0 Å². The third kappa shape index (κ3) is 3.47. The molecule has 20 heavy (non-hydrogen) atoms. The van der Waals surface area contributed by atoms with Crippen LogP contribution in [0.1, 0.15) is 43.0 Å². The van der Waals surface area contributed by atoms with E-state index in [-0.39, 0.29) is 5.56 Å². The van der Waals surface area contributed by atoms with Gasteiger partial charge in [0.2, 0.25) is 0 Å². The second kappa shape index (κ2) is 6.89. The minimum absolute atomic E-state index is 0.0424. The van der Waals surface area contributed by atoms with Gasteiger partial charge in [-0.05, 0) is 18.6 Å². The lowest BCUT2D eigenvalue weighted by Gasteiger charge is -2.04. The molecule has 1 aromatic carbocycles. The van der Waals surface area contributed by atoms with Crippen LogP contribution in [0.25, 0.3) is 11.0 Å². The molecular weight excluding hydrogens is 256 g/mol. The summed E-state index contributed by atoms with van der Waals surface area (Å²) in [6, 6.07) is 8.60. The minimum atomic E-state index is -0.651. The summed E-state index contributed by atoms with van der Waals surface area (Å²) in [6.45, 7) is 2.46. The molecule has 0 amide bonds. The van der Waals surface area contributed by atoms with Gasteiger partial charge in [-0.2, -0.15) is 0 Å². The highest BCUT2D eigenvalue weighted by molar-refractivity contribution is 5.92. The third-order valence-electron chi connectivity index (χ3n) is 3.09. The zero-order valence-electron chi connectivity index (χ0n) is 11.6. The number of fused-ring (bicyclic) bond motifs is 1. The van der Waals surface area contributed by atoms with Gasteiger partial charge < -0.3 is 9.15 Å². The molecule has 0 spiro atoms. The van der Waals surface area contributed by atoms with E-state index in [1.807, 2.05) is 6.07 Å². The maximum atomic E-state index is 11.9. The van der Waals surface area contributed by atoms with Gasteiger partial charge in [0.1, 0.15) is 11.1 Å². The van der Waals surface area contributed by atoms with Crippen molar-refractivity contribution in [2.75, 3.05) is 6.61 Å². The van der Waals surface area contributed by atoms with Crippen LogP contribution in [0.15, 0.2) is 39.5 Å². The van der Waals surface area contributed by atoms with Gasteiger partial charge in [-0.15, -0.1) is 0 Å². The molecule has 0 bridgehead atoms. The minimum Gasteiger partial charge on any atom is -0.462 e. The molecule has 0 aliphatic carbocycles. The van der Waals surface area contributed by atoms with Crippen LogP contribution in [0.5, 0.6) is 0 Å². The van der Waals surface area contributed by atoms with Crippen LogP contribution in [-0.2, 0) is 4.74 Å². The topological polar surface area (TPSA) is 56.5 Å². The summed E-state index contributed by atoms with van der Waals surface area (Å²) >= 11 is 0. The fraction of sp³-hybridized carbons (Fsp3) is 0.375. The summed E-state index contributed by atoms with van der Waals surface area (Å²) in [6.07, 6.45) is 4.09. The number of carbonyl (C=O) groups excluding carboxylic acids is 1. The third-order valence-corrected chi connectivity index (χ3v) is 3.09. The van der Waals surface area contributed by atoms with E-state index in [9.17, 15) is 9.59 Å². The number of esters is 1. The van der Waals surface area contributed by atoms with Crippen molar-refractivity contribution in [3.05, 3.63) is 46.3 Å². The average molecular weight is 274 g/mol. The molecule has 0 aliphatic heterocycles. The molecule has 0 unspecified atom stereocenters. The van der Waals surface area contributed by atoms with Crippen molar-refractivity contribution in [3.8, 4) is 0 Å². The first-order valence-corrected chi connectivity index (χ1v) is 6.92. The zero-order valence-corrected chi connectivity index (χ0v) is 11.6. The second-order valence-electron chi connectivity index (χ2n) is 4.68. The van der Waals surface area contributed by atoms with E-state index in [0.717, 1.165) is 25.7 Å². The molecule has 0 aliphatic rings. The highest BCUT2D eigenvalue weighted by Gasteiger charge is 2.14. The van der Waals surface area contributed by atoms with E-state index in [1.54, 1.807) is 18.2 Å². The van der Waals surface area contributed by atoms with Crippen LogP contribution >= 0.6 is 0 Å². The van der Waals surface area contributed by atoms with Crippen LogP contribution in [0.3, 0.4) is 0 Å². The van der Waals surface area contributed by atoms with E-state index in [0.29, 0.717) is 17.6 Å². The van der Waals surface area contributed by atoms with E-state index in [4.69, 9.17) is 9.15 Å². The Hall–Kier alpha value is -2.10. The summed E-state index contributed by atoms with van der Waals surface area (Å²) in [5, 5.41) is 0.713. The highest BCUT2D eigenvalue weighted by atomic mass is 16.5. The van der Waals surface area contributed by atoms with Crippen molar-refractivity contribution in [1.29, 1.82) is 0 Å². The summed E-state index contributed by atoms with van der Waals surface area (Å²) < 4.78 is 10.2. The summed E-state index contributed by atoms with van der Waals surface area (Å²) in [4.78, 5) is 23.6. The van der Waals surface area contributed by atoms with Crippen molar-refractivity contribution < 1.29 is 13.9 Å². The Morgan fingerprint density at radius 3 is 2.80 bits per heavy atom. The molecule has 106 valence electrons. The Bertz CT molecular complexity index is 642. The van der Waals surface area contributed by atoms with Gasteiger partial charge in [0.15, 0.2) is 0 Å². The lowest BCUT2D eigenvalue weighted by atomic mass is 10.2. The van der Waals surface area contributed by atoms with Gasteiger partial charge in [0, 0.05) is 5.39 Å². The molecule has 2 rings (SSSR count). The van der Waals surface area contributed by atoms with Gasteiger partial charge in [0.25, 0.3) is 0 Å². The highest BCUT2D eigenvalue weighted by Crippen LogP contribution is 2.13. The normalized spacial score (nSPS) is 10.7. The summed E-state index contributed by atoms with van der Waals surface area (Å²) in [5.41, 5.74) is -0.224. The van der Waals surface area contributed by atoms with Crippen molar-refractivity contribution in [2.24, 2.45) is 0 Å². The smallest absolute Gasteiger partial charge is 0.351 e. The van der Waals surface area contributed by atoms with Crippen LogP contribution < -0.4 is 5.63 Å². The molecule has 0 saturated carbocycles. The molecule has 0 N–H and O–H groups in total. The van der Waals surface area contributed by atoms with E-state index in [1.165, 1.54) is 6.07 Å². The van der Waals surface area contributed by atoms with Gasteiger partial charge in [-0.25, -0.2) is 9.59 Å². The van der Waals surface area contributed by atoms with Gasteiger partial charge in [-0.3, -0.25) is 0 Å². The first-order chi connectivity index (χ1) is 9.72. The predicted octanol–water partition coefficient (Wildman–Crippen LogP) is 3.53. The quantitative estimate of drug-likeness (QED) is 0.459. The SMILES string of the molecule is CCCCCCOC(=O)c1cc2ccccc2oc1=O. The van der Waals surface area contributed by atoms with Crippen LogP contribution in [0.2, 0.25) is 0 Å². The molecule has 4 nitrogen and oxygen atoms in total. The Morgan fingerprint density at radius 1 is 1.20 bits per heavy atom. The largest absolute Gasteiger partial charge is 0.462 e. The molecule has 2 aromatic rings. The number of hydrogen-bond donors (Lipinski definition) is 0. The lowest BCUT2D eigenvalue weighted by Crippen LogP contribution is -2.16. The molecule has 0 atom stereocenters. The maximum Gasteiger partial charge on any atom is 0.351 e. The average Bonchev–Trinajstić information content (AvgIpc) is 2.46. The number of benzene rings is 1. The van der Waals surface area contributed by atoms with Gasteiger partial charge in [0.05, 0.1) is 6.61 Å². The Kier molecular flexibility index (Phi) is 4.93. The Balaban J connectivity index is 2.06. The lowest BCUT2D eigenvalue weighted by molar-refractivity contribution is 0.0493. The Labute approximate surface area is 117 Å². The molecule has 0 saturated heterocycles. The Morgan fingerprint density at radius 2 is 2.00 bits per heavy atom. The number of hydrogen-bond acceptors (Lipinski definition) is 4.